The second-order valence-electron chi connectivity index (χ2n) is 4.87. The lowest BCUT2D eigenvalue weighted by molar-refractivity contribution is 0.00364. The number of aliphatic hydroxyl groups is 1. The number of aromatic nitrogens is 3. The first-order valence-electron chi connectivity index (χ1n) is 5.80. The van der Waals surface area contributed by atoms with Crippen molar-refractivity contribution in [3.05, 3.63) is 11.9 Å². The molecule has 1 aromatic heterocycles. The van der Waals surface area contributed by atoms with Crippen LogP contribution in [-0.2, 0) is 16.9 Å². The summed E-state index contributed by atoms with van der Waals surface area (Å²) in [6.07, 6.45) is 5.49. The number of ether oxygens (including phenoxy) is 1. The molecule has 1 aromatic rings. The topological polar surface area (TPSA) is 60.2 Å². The molecule has 2 rings (SSSR count). The van der Waals surface area contributed by atoms with E-state index in [9.17, 15) is 5.11 Å². The smallest absolute Gasteiger partial charge is 0.114 e. The molecule has 1 atom stereocenters. The van der Waals surface area contributed by atoms with Crippen LogP contribution in [-0.4, -0.2) is 32.8 Å². The summed E-state index contributed by atoms with van der Waals surface area (Å²) in [5.41, 5.74) is -0.325. The molecule has 90 valence electrons. The molecular weight excluding hydrogens is 206 g/mol. The second-order valence-corrected chi connectivity index (χ2v) is 4.87. The lowest BCUT2D eigenvalue weighted by Crippen LogP contribution is -2.24. The zero-order valence-electron chi connectivity index (χ0n) is 9.89. The third-order valence-corrected chi connectivity index (χ3v) is 2.83. The number of hydrogen-bond donors (Lipinski definition) is 1. The van der Waals surface area contributed by atoms with Crippen molar-refractivity contribution >= 4 is 0 Å². The van der Waals surface area contributed by atoms with Crippen LogP contribution in [0.25, 0.3) is 0 Å². The normalized spacial score (nSPS) is 22.3. The molecule has 1 aliphatic heterocycles. The van der Waals surface area contributed by atoms with Crippen LogP contribution in [0.15, 0.2) is 6.20 Å². The summed E-state index contributed by atoms with van der Waals surface area (Å²) in [6, 6.07) is 0. The van der Waals surface area contributed by atoms with E-state index in [2.05, 4.69) is 10.3 Å². The van der Waals surface area contributed by atoms with Gasteiger partial charge in [0.05, 0.1) is 18.8 Å². The minimum absolute atomic E-state index is 0.241. The van der Waals surface area contributed by atoms with E-state index in [0.717, 1.165) is 26.0 Å². The fourth-order valence-electron chi connectivity index (χ4n) is 1.83. The molecule has 1 saturated heterocycles. The molecule has 0 radical (unpaired) electrons. The minimum Gasteiger partial charge on any atom is -0.384 e. The van der Waals surface area contributed by atoms with E-state index in [0.29, 0.717) is 5.69 Å². The molecule has 0 aliphatic carbocycles. The molecule has 1 fully saturated rings. The van der Waals surface area contributed by atoms with Crippen molar-refractivity contribution in [2.75, 3.05) is 6.61 Å². The van der Waals surface area contributed by atoms with E-state index < -0.39 is 5.60 Å². The fraction of sp³-hybridized carbons (Fsp3) is 0.818. The molecule has 1 unspecified atom stereocenters. The van der Waals surface area contributed by atoms with Gasteiger partial charge in [-0.1, -0.05) is 5.21 Å². The average Bonchev–Trinajstić information content (AvgIpc) is 2.67. The molecule has 5 heteroatoms. The van der Waals surface area contributed by atoms with Gasteiger partial charge in [-0.15, -0.1) is 5.10 Å². The Morgan fingerprint density at radius 2 is 2.38 bits per heavy atom. The summed E-state index contributed by atoms with van der Waals surface area (Å²) < 4.78 is 7.38. The number of hydrogen-bond acceptors (Lipinski definition) is 4. The maximum Gasteiger partial charge on any atom is 0.114 e. The first-order chi connectivity index (χ1) is 7.55. The molecule has 0 bridgehead atoms. The summed E-state index contributed by atoms with van der Waals surface area (Å²) >= 11 is 0. The Labute approximate surface area is 95.4 Å². The Bertz CT molecular complexity index is 337. The first kappa shape index (κ1) is 11.5. The van der Waals surface area contributed by atoms with Crippen molar-refractivity contribution in [2.45, 2.75) is 51.4 Å². The Balaban J connectivity index is 1.97. The van der Waals surface area contributed by atoms with Gasteiger partial charge in [-0.2, -0.15) is 0 Å². The molecule has 0 amide bonds. The molecular formula is C11H19N3O2. The van der Waals surface area contributed by atoms with E-state index in [1.807, 2.05) is 0 Å². The van der Waals surface area contributed by atoms with Crippen LogP contribution >= 0.6 is 0 Å². The van der Waals surface area contributed by atoms with Crippen LogP contribution in [0.5, 0.6) is 0 Å². The van der Waals surface area contributed by atoms with Gasteiger partial charge in [-0.3, -0.25) is 0 Å². The zero-order valence-corrected chi connectivity index (χ0v) is 9.89. The lowest BCUT2D eigenvalue weighted by Gasteiger charge is -2.22. The fourth-order valence-corrected chi connectivity index (χ4v) is 1.83. The minimum atomic E-state index is -0.925. The highest BCUT2D eigenvalue weighted by Gasteiger charge is 2.21. The third-order valence-electron chi connectivity index (χ3n) is 2.83. The van der Waals surface area contributed by atoms with Gasteiger partial charge >= 0.3 is 0 Å². The predicted octanol–water partition coefficient (Wildman–Crippen LogP) is 1.07. The quantitative estimate of drug-likeness (QED) is 0.836. The van der Waals surface area contributed by atoms with E-state index in [1.54, 1.807) is 24.7 Å². The molecule has 1 aliphatic rings. The van der Waals surface area contributed by atoms with Crippen LogP contribution in [0, 0.1) is 0 Å². The van der Waals surface area contributed by atoms with Crippen LogP contribution in [0.3, 0.4) is 0 Å². The van der Waals surface area contributed by atoms with Crippen molar-refractivity contribution in [1.29, 1.82) is 0 Å². The van der Waals surface area contributed by atoms with E-state index in [-0.39, 0.29) is 6.10 Å². The SMILES string of the molecule is CC(C)(O)c1cn(CC2CCCCO2)nn1. The average molecular weight is 225 g/mol. The van der Waals surface area contributed by atoms with Gasteiger partial charge in [-0.05, 0) is 33.1 Å². The molecule has 0 spiro atoms. The summed E-state index contributed by atoms with van der Waals surface area (Å²) in [6.45, 7) is 4.98. The molecule has 16 heavy (non-hydrogen) atoms. The van der Waals surface area contributed by atoms with Crippen LogP contribution < -0.4 is 0 Å². The Hall–Kier alpha value is -0.940. The largest absolute Gasteiger partial charge is 0.384 e. The van der Waals surface area contributed by atoms with E-state index in [4.69, 9.17) is 4.74 Å². The summed E-state index contributed by atoms with van der Waals surface area (Å²) in [7, 11) is 0. The molecule has 0 aromatic carbocycles. The van der Waals surface area contributed by atoms with Gasteiger partial charge in [0.25, 0.3) is 0 Å². The predicted molar refractivity (Wildman–Crippen MR) is 58.9 cm³/mol. The van der Waals surface area contributed by atoms with Crippen molar-refractivity contribution in [2.24, 2.45) is 0 Å². The van der Waals surface area contributed by atoms with Gasteiger partial charge in [-0.25, -0.2) is 4.68 Å². The maximum absolute atomic E-state index is 9.76. The van der Waals surface area contributed by atoms with Crippen molar-refractivity contribution in [3.63, 3.8) is 0 Å². The number of nitrogens with zero attached hydrogens (tertiary/aromatic N) is 3. The molecule has 2 heterocycles. The second kappa shape index (κ2) is 4.51. The van der Waals surface area contributed by atoms with E-state index in [1.165, 1.54) is 6.42 Å². The zero-order chi connectivity index (χ0) is 11.6. The highest BCUT2D eigenvalue weighted by molar-refractivity contribution is 5.02. The summed E-state index contributed by atoms with van der Waals surface area (Å²) in [5, 5.41) is 17.7. The van der Waals surface area contributed by atoms with Gasteiger partial charge in [0.15, 0.2) is 0 Å². The highest BCUT2D eigenvalue weighted by atomic mass is 16.5. The first-order valence-corrected chi connectivity index (χ1v) is 5.80. The lowest BCUT2D eigenvalue weighted by atomic mass is 10.1. The van der Waals surface area contributed by atoms with Gasteiger partial charge in [0.2, 0.25) is 0 Å². The van der Waals surface area contributed by atoms with Crippen molar-refractivity contribution in [3.8, 4) is 0 Å². The van der Waals surface area contributed by atoms with Crippen LogP contribution in [0.4, 0.5) is 0 Å². The Morgan fingerprint density at radius 1 is 1.56 bits per heavy atom. The van der Waals surface area contributed by atoms with Crippen molar-refractivity contribution < 1.29 is 9.84 Å². The van der Waals surface area contributed by atoms with Crippen LogP contribution in [0.2, 0.25) is 0 Å². The Morgan fingerprint density at radius 3 is 2.94 bits per heavy atom. The summed E-state index contributed by atoms with van der Waals surface area (Å²) in [5.74, 6) is 0. The van der Waals surface area contributed by atoms with Crippen LogP contribution in [0.1, 0.15) is 38.8 Å². The van der Waals surface area contributed by atoms with E-state index >= 15 is 0 Å². The maximum atomic E-state index is 9.76. The summed E-state index contributed by atoms with van der Waals surface area (Å²) in [4.78, 5) is 0. The van der Waals surface area contributed by atoms with Crippen molar-refractivity contribution in [1.82, 2.24) is 15.0 Å². The Kier molecular flexibility index (Phi) is 3.25. The molecule has 1 N–H and O–H groups in total. The standard InChI is InChI=1S/C11H19N3O2/c1-11(2,15)10-8-14(13-12-10)7-9-5-3-4-6-16-9/h8-9,15H,3-7H2,1-2H3. The molecule has 0 saturated carbocycles. The molecule has 5 nitrogen and oxygen atoms in total. The van der Waals surface area contributed by atoms with Gasteiger partial charge in [0.1, 0.15) is 11.3 Å². The number of rotatable bonds is 3. The highest BCUT2D eigenvalue weighted by Crippen LogP contribution is 2.17. The van der Waals surface area contributed by atoms with Gasteiger partial charge < -0.3 is 9.84 Å². The third kappa shape index (κ3) is 2.80. The van der Waals surface area contributed by atoms with Gasteiger partial charge in [0, 0.05) is 6.61 Å². The monoisotopic (exact) mass is 225 g/mol.